The molecule has 1 aromatic rings. The molecule has 2 N–H and O–H groups in total. The minimum Gasteiger partial charge on any atom is -0.481 e. The standard InChI is InChI=1S/C16H25NO3/c1-4-14(20-13-10-8-7-9-11-13)15(18)17-12-16(19,5-2)6-3/h7-11,14,19H,4-6,12H2,1-3H3,(H,17,18). The second-order valence-corrected chi connectivity index (χ2v) is 4.98. The Balaban J connectivity index is 2.55. The number of carbonyl (C=O) groups is 1. The summed E-state index contributed by atoms with van der Waals surface area (Å²) in [7, 11) is 0. The Labute approximate surface area is 121 Å². The molecule has 4 heteroatoms. The largest absolute Gasteiger partial charge is 0.481 e. The highest BCUT2D eigenvalue weighted by Crippen LogP contribution is 2.15. The molecule has 0 heterocycles. The van der Waals surface area contributed by atoms with Crippen molar-refractivity contribution < 1.29 is 14.6 Å². The van der Waals surface area contributed by atoms with Gasteiger partial charge in [-0.3, -0.25) is 4.79 Å². The molecule has 1 rings (SSSR count). The third kappa shape index (κ3) is 4.85. The second-order valence-electron chi connectivity index (χ2n) is 4.98. The van der Waals surface area contributed by atoms with Crippen LogP contribution in [0, 0.1) is 0 Å². The molecule has 4 nitrogen and oxygen atoms in total. The number of para-hydroxylation sites is 1. The molecule has 0 aliphatic heterocycles. The Morgan fingerprint density at radius 3 is 2.35 bits per heavy atom. The van der Waals surface area contributed by atoms with Gasteiger partial charge in [0.05, 0.1) is 5.60 Å². The molecule has 0 bridgehead atoms. The number of hydrogen-bond donors (Lipinski definition) is 2. The molecular weight excluding hydrogens is 254 g/mol. The van der Waals surface area contributed by atoms with Crippen molar-refractivity contribution in [3.63, 3.8) is 0 Å². The zero-order valence-corrected chi connectivity index (χ0v) is 12.6. The number of ether oxygens (including phenoxy) is 1. The van der Waals surface area contributed by atoms with E-state index < -0.39 is 11.7 Å². The van der Waals surface area contributed by atoms with E-state index in [2.05, 4.69) is 5.32 Å². The van der Waals surface area contributed by atoms with Gasteiger partial charge in [0.2, 0.25) is 0 Å². The van der Waals surface area contributed by atoms with E-state index >= 15 is 0 Å². The lowest BCUT2D eigenvalue weighted by molar-refractivity contribution is -0.129. The van der Waals surface area contributed by atoms with E-state index in [-0.39, 0.29) is 12.5 Å². The predicted octanol–water partition coefficient (Wildman–Crippen LogP) is 2.51. The van der Waals surface area contributed by atoms with Crippen LogP contribution in [0.3, 0.4) is 0 Å². The number of nitrogens with one attached hydrogen (secondary N) is 1. The van der Waals surface area contributed by atoms with Crippen molar-refractivity contribution in [2.45, 2.75) is 51.7 Å². The fourth-order valence-corrected chi connectivity index (χ4v) is 1.85. The van der Waals surface area contributed by atoms with Crippen molar-refractivity contribution >= 4 is 5.91 Å². The van der Waals surface area contributed by atoms with Crippen LogP contribution < -0.4 is 10.1 Å². The normalized spacial score (nSPS) is 12.8. The molecule has 1 atom stereocenters. The van der Waals surface area contributed by atoms with Crippen molar-refractivity contribution in [3.05, 3.63) is 30.3 Å². The van der Waals surface area contributed by atoms with E-state index in [9.17, 15) is 9.90 Å². The van der Waals surface area contributed by atoms with Crippen LogP contribution in [-0.2, 0) is 4.79 Å². The Bertz CT molecular complexity index is 401. The minimum absolute atomic E-state index is 0.184. The third-order valence-corrected chi connectivity index (χ3v) is 3.59. The number of hydrogen-bond acceptors (Lipinski definition) is 3. The van der Waals surface area contributed by atoms with Crippen molar-refractivity contribution in [2.24, 2.45) is 0 Å². The summed E-state index contributed by atoms with van der Waals surface area (Å²) >= 11 is 0. The van der Waals surface area contributed by atoms with E-state index in [1.807, 2.05) is 51.1 Å². The molecule has 0 saturated heterocycles. The van der Waals surface area contributed by atoms with Gasteiger partial charge in [-0.2, -0.15) is 0 Å². The Hall–Kier alpha value is -1.55. The molecule has 0 fully saturated rings. The van der Waals surface area contributed by atoms with Crippen LogP contribution in [0.5, 0.6) is 5.75 Å². The molecule has 112 valence electrons. The highest BCUT2D eigenvalue weighted by atomic mass is 16.5. The average molecular weight is 279 g/mol. The van der Waals surface area contributed by atoms with Gasteiger partial charge < -0.3 is 15.2 Å². The molecule has 1 unspecified atom stereocenters. The molecule has 1 amide bonds. The Morgan fingerprint density at radius 2 is 1.85 bits per heavy atom. The summed E-state index contributed by atoms with van der Waals surface area (Å²) < 4.78 is 5.66. The van der Waals surface area contributed by atoms with Crippen LogP contribution >= 0.6 is 0 Å². The summed E-state index contributed by atoms with van der Waals surface area (Å²) in [6, 6.07) is 9.28. The van der Waals surface area contributed by atoms with Crippen molar-refractivity contribution in [1.82, 2.24) is 5.32 Å². The maximum Gasteiger partial charge on any atom is 0.261 e. The van der Waals surface area contributed by atoms with E-state index in [4.69, 9.17) is 4.74 Å². The SMILES string of the molecule is CCC(Oc1ccccc1)C(=O)NCC(O)(CC)CC. The number of amides is 1. The first-order chi connectivity index (χ1) is 9.54. The second kappa shape index (κ2) is 7.90. The molecule has 0 spiro atoms. The van der Waals surface area contributed by atoms with Gasteiger partial charge in [0.1, 0.15) is 5.75 Å². The van der Waals surface area contributed by atoms with Crippen molar-refractivity contribution in [2.75, 3.05) is 6.54 Å². The van der Waals surface area contributed by atoms with Crippen LogP contribution in [0.2, 0.25) is 0 Å². The average Bonchev–Trinajstić information content (AvgIpc) is 2.51. The Morgan fingerprint density at radius 1 is 1.25 bits per heavy atom. The van der Waals surface area contributed by atoms with E-state index in [1.54, 1.807) is 0 Å². The van der Waals surface area contributed by atoms with E-state index in [1.165, 1.54) is 0 Å². The van der Waals surface area contributed by atoms with Crippen molar-refractivity contribution in [1.29, 1.82) is 0 Å². The first-order valence-corrected chi connectivity index (χ1v) is 7.26. The summed E-state index contributed by atoms with van der Waals surface area (Å²) in [5.41, 5.74) is -0.833. The molecule has 20 heavy (non-hydrogen) atoms. The van der Waals surface area contributed by atoms with Crippen LogP contribution in [-0.4, -0.2) is 29.3 Å². The smallest absolute Gasteiger partial charge is 0.261 e. The number of aliphatic hydroxyl groups is 1. The van der Waals surface area contributed by atoms with Gasteiger partial charge in [-0.15, -0.1) is 0 Å². The lowest BCUT2D eigenvalue weighted by atomic mass is 9.97. The number of benzene rings is 1. The first-order valence-electron chi connectivity index (χ1n) is 7.26. The molecule has 0 aliphatic carbocycles. The van der Waals surface area contributed by atoms with Crippen LogP contribution in [0.1, 0.15) is 40.0 Å². The number of carbonyl (C=O) groups excluding carboxylic acids is 1. The van der Waals surface area contributed by atoms with E-state index in [0.29, 0.717) is 25.0 Å². The molecule has 0 aromatic heterocycles. The Kier molecular flexibility index (Phi) is 6.52. The highest BCUT2D eigenvalue weighted by molar-refractivity contribution is 5.81. The van der Waals surface area contributed by atoms with Gasteiger partial charge >= 0.3 is 0 Å². The fourth-order valence-electron chi connectivity index (χ4n) is 1.85. The fraction of sp³-hybridized carbons (Fsp3) is 0.562. The number of rotatable bonds is 8. The molecular formula is C16H25NO3. The zero-order valence-electron chi connectivity index (χ0n) is 12.6. The maximum atomic E-state index is 12.1. The van der Waals surface area contributed by atoms with Gasteiger partial charge in [-0.05, 0) is 31.4 Å². The van der Waals surface area contributed by atoms with Crippen LogP contribution in [0.25, 0.3) is 0 Å². The first kappa shape index (κ1) is 16.5. The maximum absolute atomic E-state index is 12.1. The van der Waals surface area contributed by atoms with Gasteiger partial charge in [0, 0.05) is 6.54 Å². The zero-order chi connectivity index (χ0) is 15.0. The highest BCUT2D eigenvalue weighted by Gasteiger charge is 2.25. The summed E-state index contributed by atoms with van der Waals surface area (Å²) in [6.07, 6.45) is 1.27. The monoisotopic (exact) mass is 279 g/mol. The van der Waals surface area contributed by atoms with E-state index in [0.717, 1.165) is 0 Å². The summed E-state index contributed by atoms with van der Waals surface area (Å²) in [5.74, 6) is 0.493. The van der Waals surface area contributed by atoms with Gasteiger partial charge in [-0.1, -0.05) is 39.0 Å². The van der Waals surface area contributed by atoms with Crippen LogP contribution in [0.4, 0.5) is 0 Å². The third-order valence-electron chi connectivity index (χ3n) is 3.59. The minimum atomic E-state index is -0.833. The molecule has 1 aromatic carbocycles. The van der Waals surface area contributed by atoms with Crippen LogP contribution in [0.15, 0.2) is 30.3 Å². The predicted molar refractivity (Wildman–Crippen MR) is 79.7 cm³/mol. The van der Waals surface area contributed by atoms with Crippen molar-refractivity contribution in [3.8, 4) is 5.75 Å². The van der Waals surface area contributed by atoms with Gasteiger partial charge in [0.25, 0.3) is 5.91 Å². The summed E-state index contributed by atoms with van der Waals surface area (Å²) in [5, 5.41) is 12.9. The lowest BCUT2D eigenvalue weighted by Crippen LogP contribution is -2.46. The molecule has 0 saturated carbocycles. The quantitative estimate of drug-likeness (QED) is 0.768. The van der Waals surface area contributed by atoms with Gasteiger partial charge in [-0.25, -0.2) is 0 Å². The molecule has 0 aliphatic rings. The lowest BCUT2D eigenvalue weighted by Gasteiger charge is -2.26. The molecule has 0 radical (unpaired) electrons. The topological polar surface area (TPSA) is 58.6 Å². The summed E-state index contributed by atoms with van der Waals surface area (Å²) in [4.78, 5) is 12.1. The summed E-state index contributed by atoms with van der Waals surface area (Å²) in [6.45, 7) is 5.98. The van der Waals surface area contributed by atoms with Gasteiger partial charge in [0.15, 0.2) is 6.10 Å².